The number of rotatable bonds is 13. The monoisotopic (exact) mass is 762 g/mol. The third kappa shape index (κ3) is 6.63. The molecule has 0 bridgehead atoms. The molecule has 1 amide bonds. The number of aliphatic hydroxyl groups excluding tert-OH is 1. The number of nitrogens with zero attached hydrogens (tertiary/aromatic N) is 1. The van der Waals surface area contributed by atoms with E-state index >= 15 is 0 Å². The molecule has 53 heavy (non-hydrogen) atoms. The van der Waals surface area contributed by atoms with Gasteiger partial charge < -0.3 is 38.8 Å². The van der Waals surface area contributed by atoms with E-state index in [-0.39, 0.29) is 64.3 Å². The zero-order valence-electron chi connectivity index (χ0n) is 30.0. The Hall–Kier alpha value is -5.27. The molecule has 1 spiro atoms. The van der Waals surface area contributed by atoms with Crippen LogP contribution in [0, 0.1) is 5.92 Å². The summed E-state index contributed by atoms with van der Waals surface area (Å²) < 4.78 is 34.0. The fraction of sp³-hybridized carbons (Fsp3) is 0.333. The number of nitrogens with one attached hydrogen (secondary N) is 1. The van der Waals surface area contributed by atoms with Gasteiger partial charge in [-0.1, -0.05) is 48.9 Å². The van der Waals surface area contributed by atoms with E-state index in [1.807, 2.05) is 35.7 Å². The van der Waals surface area contributed by atoms with Crippen LogP contribution < -0.4 is 33.7 Å². The minimum atomic E-state index is -2.05. The Kier molecular flexibility index (Phi) is 10.9. The van der Waals surface area contributed by atoms with Gasteiger partial charge in [0.05, 0.1) is 46.3 Å². The molecular weight excluding hydrogens is 724 g/mol. The van der Waals surface area contributed by atoms with Crippen LogP contribution in [0.2, 0.25) is 5.02 Å². The first-order chi connectivity index (χ1) is 25.5. The lowest BCUT2D eigenvalue weighted by Crippen LogP contribution is -2.53. The van der Waals surface area contributed by atoms with Gasteiger partial charge in [-0.25, -0.2) is 4.98 Å². The lowest BCUT2D eigenvalue weighted by atomic mass is 9.69. The molecule has 3 atom stereocenters. The topological polar surface area (TPSA) is 152 Å². The maximum atomic E-state index is 14.5. The zero-order valence-corrected chi connectivity index (χ0v) is 31.6. The molecule has 14 heteroatoms. The van der Waals surface area contributed by atoms with E-state index in [0.717, 1.165) is 16.3 Å². The molecule has 3 unspecified atom stereocenters. The second kappa shape index (κ2) is 15.4. The van der Waals surface area contributed by atoms with E-state index in [9.17, 15) is 19.5 Å². The van der Waals surface area contributed by atoms with Crippen molar-refractivity contribution in [3.63, 3.8) is 0 Å². The molecule has 2 heterocycles. The van der Waals surface area contributed by atoms with Crippen molar-refractivity contribution in [3.8, 4) is 45.8 Å². The van der Waals surface area contributed by atoms with Crippen LogP contribution in [-0.2, 0) is 16.0 Å². The molecule has 2 N–H and O–H groups in total. The van der Waals surface area contributed by atoms with Gasteiger partial charge in [-0.2, -0.15) is 0 Å². The van der Waals surface area contributed by atoms with Crippen LogP contribution in [0.15, 0.2) is 65.2 Å². The molecule has 6 rings (SSSR count). The first-order valence-corrected chi connectivity index (χ1v) is 18.0. The van der Waals surface area contributed by atoms with E-state index in [1.54, 1.807) is 19.1 Å². The van der Waals surface area contributed by atoms with Gasteiger partial charge in [-0.05, 0) is 17.7 Å². The van der Waals surface area contributed by atoms with Crippen LogP contribution in [0.25, 0.3) is 11.3 Å². The number of amides is 1. The number of carbonyl (C=O) groups is 3. The molecule has 1 aliphatic heterocycles. The van der Waals surface area contributed by atoms with Gasteiger partial charge in [-0.15, -0.1) is 11.3 Å². The number of ether oxygens (including phenoxy) is 6. The number of aromatic nitrogens is 1. The molecule has 0 fully saturated rings. The summed E-state index contributed by atoms with van der Waals surface area (Å²) in [6, 6.07) is 14.5. The highest BCUT2D eigenvalue weighted by atomic mass is 35.5. The summed E-state index contributed by atoms with van der Waals surface area (Å²) in [6.07, 6.45) is -0.00875. The number of benzene rings is 3. The van der Waals surface area contributed by atoms with Crippen molar-refractivity contribution >= 4 is 40.4 Å². The average molecular weight is 763 g/mol. The Morgan fingerprint density at radius 1 is 1.00 bits per heavy atom. The number of ketones is 2. The van der Waals surface area contributed by atoms with E-state index in [1.165, 1.54) is 53.0 Å². The number of Topliss-reactive ketones (excluding diaryl/α,β-unsaturated/α-hetero) is 2. The number of aliphatic hydroxyl groups is 1. The summed E-state index contributed by atoms with van der Waals surface area (Å²) in [4.78, 5) is 47.0. The van der Waals surface area contributed by atoms with Crippen molar-refractivity contribution in [1.82, 2.24) is 10.3 Å². The predicted octanol–water partition coefficient (Wildman–Crippen LogP) is 6.77. The SMILES string of the molecule is COc1cc(OC)c2c(c1Cl)OC1(C2=O)C(O)=C(C(CC(=O)NCCc2nc(-c3ccccc3)cs2)c2cc(OC)c(OC)c(OC)c2)C(=O)CC1C. The first-order valence-electron chi connectivity index (χ1n) is 16.7. The summed E-state index contributed by atoms with van der Waals surface area (Å²) in [5.74, 6) is -2.98. The second-order valence-electron chi connectivity index (χ2n) is 12.6. The Morgan fingerprint density at radius 3 is 2.28 bits per heavy atom. The summed E-state index contributed by atoms with van der Waals surface area (Å²) in [6.45, 7) is 1.90. The fourth-order valence-corrected chi connectivity index (χ4v) is 8.03. The van der Waals surface area contributed by atoms with Gasteiger partial charge in [0.1, 0.15) is 22.1 Å². The zero-order chi connectivity index (χ0) is 38.0. The number of thiazole rings is 1. The molecule has 0 saturated heterocycles. The van der Waals surface area contributed by atoms with Crippen LogP contribution in [0.5, 0.6) is 34.5 Å². The van der Waals surface area contributed by atoms with Crippen LogP contribution in [0.1, 0.15) is 46.6 Å². The number of halogens is 1. The number of carbonyl (C=O) groups excluding carboxylic acids is 3. The number of hydrogen-bond acceptors (Lipinski definition) is 12. The van der Waals surface area contributed by atoms with Crippen molar-refractivity contribution in [2.75, 3.05) is 42.1 Å². The van der Waals surface area contributed by atoms with Crippen molar-refractivity contribution < 1.29 is 47.9 Å². The number of hydrogen-bond donors (Lipinski definition) is 2. The molecule has 1 aromatic heterocycles. The molecular formula is C39H39ClN2O10S. The van der Waals surface area contributed by atoms with Gasteiger partial charge in [0, 0.05) is 60.2 Å². The average Bonchev–Trinajstić information content (AvgIpc) is 3.77. The highest BCUT2D eigenvalue weighted by Gasteiger charge is 2.61. The van der Waals surface area contributed by atoms with Crippen LogP contribution in [0.3, 0.4) is 0 Å². The van der Waals surface area contributed by atoms with E-state index in [0.29, 0.717) is 17.7 Å². The smallest absolute Gasteiger partial charge is 0.231 e. The molecule has 0 radical (unpaired) electrons. The normalized spacial score (nSPS) is 18.4. The summed E-state index contributed by atoms with van der Waals surface area (Å²) in [5, 5.41) is 18.0. The predicted molar refractivity (Wildman–Crippen MR) is 198 cm³/mol. The van der Waals surface area contributed by atoms with E-state index < -0.39 is 40.7 Å². The van der Waals surface area contributed by atoms with Crippen molar-refractivity contribution in [1.29, 1.82) is 0 Å². The van der Waals surface area contributed by atoms with Gasteiger partial charge in [0.2, 0.25) is 23.0 Å². The molecule has 1 aliphatic carbocycles. The molecule has 3 aromatic carbocycles. The van der Waals surface area contributed by atoms with Crippen LogP contribution in [-0.4, -0.2) is 75.3 Å². The third-order valence-corrected chi connectivity index (χ3v) is 10.9. The lowest BCUT2D eigenvalue weighted by molar-refractivity contribution is -0.121. The van der Waals surface area contributed by atoms with Crippen molar-refractivity contribution in [2.45, 2.75) is 37.7 Å². The van der Waals surface area contributed by atoms with Crippen LogP contribution >= 0.6 is 22.9 Å². The molecule has 2 aliphatic rings. The Morgan fingerprint density at radius 2 is 1.66 bits per heavy atom. The quantitative estimate of drug-likeness (QED) is 0.148. The van der Waals surface area contributed by atoms with Crippen molar-refractivity contribution in [3.05, 3.63) is 86.4 Å². The summed E-state index contributed by atoms with van der Waals surface area (Å²) in [5.41, 5.74) is 0.0299. The first kappa shape index (κ1) is 37.5. The minimum absolute atomic E-state index is 0.00338. The Bertz CT molecular complexity index is 2070. The van der Waals surface area contributed by atoms with Gasteiger partial charge in [-0.3, -0.25) is 14.4 Å². The largest absolute Gasteiger partial charge is 0.507 e. The standard InChI is InChI=1S/C39H39ClN2O10S/c1-20-14-25(43)32(37(45)39(20)38(46)33-26(47-2)18-27(48-3)34(40)36(33)52-39)23(22-15-28(49-4)35(51-6)29(16-22)50-5)17-30(44)41-13-12-31-42-24(19-53-31)21-10-8-7-9-11-21/h7-11,15-16,18-20,23,45H,12-14,17H2,1-6H3,(H,41,44). The van der Waals surface area contributed by atoms with E-state index in [4.69, 9.17) is 45.0 Å². The molecule has 0 saturated carbocycles. The van der Waals surface area contributed by atoms with Crippen molar-refractivity contribution in [2.24, 2.45) is 5.92 Å². The summed E-state index contributed by atoms with van der Waals surface area (Å²) in [7, 11) is 7.12. The number of fused-ring (bicyclic) bond motifs is 1. The number of allylic oxidation sites excluding steroid dienone is 1. The maximum Gasteiger partial charge on any atom is 0.231 e. The minimum Gasteiger partial charge on any atom is -0.507 e. The van der Waals surface area contributed by atoms with E-state index in [2.05, 4.69) is 5.32 Å². The highest BCUT2D eigenvalue weighted by Crippen LogP contribution is 2.56. The summed E-state index contributed by atoms with van der Waals surface area (Å²) >= 11 is 8.13. The lowest BCUT2D eigenvalue weighted by Gasteiger charge is -2.38. The maximum absolute atomic E-state index is 14.5. The second-order valence-corrected chi connectivity index (χ2v) is 13.9. The van der Waals surface area contributed by atoms with Gasteiger partial charge in [0.25, 0.3) is 0 Å². The number of methoxy groups -OCH3 is 5. The Labute approximate surface area is 315 Å². The fourth-order valence-electron chi connectivity index (χ4n) is 6.96. The van der Waals surface area contributed by atoms with Gasteiger partial charge in [0.15, 0.2) is 28.8 Å². The molecule has 4 aromatic rings. The molecule has 278 valence electrons. The van der Waals surface area contributed by atoms with Crippen LogP contribution in [0.4, 0.5) is 0 Å². The Balaban J connectivity index is 1.39. The third-order valence-electron chi connectivity index (χ3n) is 9.62. The highest BCUT2D eigenvalue weighted by molar-refractivity contribution is 7.09. The van der Waals surface area contributed by atoms with Gasteiger partial charge >= 0.3 is 0 Å². The molecule has 12 nitrogen and oxygen atoms in total.